The van der Waals surface area contributed by atoms with Crippen molar-refractivity contribution in [3.05, 3.63) is 46.1 Å². The Kier molecular flexibility index (Phi) is 6.70. The molecule has 0 unspecified atom stereocenters. The first kappa shape index (κ1) is 22.1. The Morgan fingerprint density at radius 3 is 2.85 bits per heavy atom. The topological polar surface area (TPSA) is 90.6 Å². The molecular formula is C24H29N5O3S. The predicted molar refractivity (Wildman–Crippen MR) is 131 cm³/mol. The number of rotatable bonds is 6. The van der Waals surface area contributed by atoms with E-state index >= 15 is 0 Å². The number of thiophene rings is 1. The molecule has 4 heterocycles. The Hall–Kier alpha value is -2.75. The first-order valence-electron chi connectivity index (χ1n) is 11.6. The highest BCUT2D eigenvalue weighted by atomic mass is 32.1. The van der Waals surface area contributed by atoms with Crippen molar-refractivity contribution in [1.29, 1.82) is 0 Å². The van der Waals surface area contributed by atoms with Crippen LogP contribution in [-0.2, 0) is 9.53 Å². The summed E-state index contributed by atoms with van der Waals surface area (Å²) >= 11 is 1.42. The Labute approximate surface area is 196 Å². The predicted octanol–water partition coefficient (Wildman–Crippen LogP) is 2.32. The molecular weight excluding hydrogens is 438 g/mol. The Morgan fingerprint density at radius 2 is 2.03 bits per heavy atom. The molecule has 1 atom stereocenters. The number of nitrogens with one attached hydrogen (secondary N) is 2. The van der Waals surface area contributed by atoms with Gasteiger partial charge in [0.1, 0.15) is 4.70 Å². The minimum Gasteiger partial charge on any atom is -0.379 e. The van der Waals surface area contributed by atoms with E-state index in [0.29, 0.717) is 23.7 Å². The molecule has 5 rings (SSSR count). The fraction of sp³-hybridized carbons (Fsp3) is 0.458. The summed E-state index contributed by atoms with van der Waals surface area (Å²) < 4.78 is 6.01. The zero-order valence-corrected chi connectivity index (χ0v) is 19.4. The van der Waals surface area contributed by atoms with Crippen molar-refractivity contribution in [2.24, 2.45) is 5.92 Å². The lowest BCUT2D eigenvalue weighted by Gasteiger charge is -2.32. The molecule has 2 saturated heterocycles. The molecule has 0 saturated carbocycles. The fourth-order valence-corrected chi connectivity index (χ4v) is 5.49. The third-order valence-electron chi connectivity index (χ3n) is 6.42. The van der Waals surface area contributed by atoms with Crippen LogP contribution in [0.15, 0.2) is 40.5 Å². The molecule has 0 aliphatic carbocycles. The maximum Gasteiger partial charge on any atom is 0.270 e. The lowest BCUT2D eigenvalue weighted by Crippen LogP contribution is -2.46. The number of aromatic amines is 1. The second-order valence-corrected chi connectivity index (χ2v) is 9.49. The average molecular weight is 468 g/mol. The normalized spacial score (nSPS) is 19.6. The third kappa shape index (κ3) is 4.95. The van der Waals surface area contributed by atoms with E-state index in [1.165, 1.54) is 11.3 Å². The van der Waals surface area contributed by atoms with Gasteiger partial charge in [-0.2, -0.15) is 0 Å². The van der Waals surface area contributed by atoms with Gasteiger partial charge in [-0.05, 0) is 18.4 Å². The maximum atomic E-state index is 12.8. The van der Waals surface area contributed by atoms with E-state index in [9.17, 15) is 9.59 Å². The monoisotopic (exact) mass is 467 g/mol. The number of ether oxygens (including phenoxy) is 1. The van der Waals surface area contributed by atoms with E-state index in [-0.39, 0.29) is 17.4 Å². The van der Waals surface area contributed by atoms with E-state index in [0.717, 1.165) is 68.9 Å². The Morgan fingerprint density at radius 1 is 1.21 bits per heavy atom. The van der Waals surface area contributed by atoms with Gasteiger partial charge in [0.25, 0.3) is 5.56 Å². The number of carbonyl (C=O) groups excluding carboxylic acids is 1. The van der Waals surface area contributed by atoms with Crippen molar-refractivity contribution >= 4 is 33.4 Å². The van der Waals surface area contributed by atoms with Crippen LogP contribution in [0.1, 0.15) is 12.8 Å². The third-order valence-corrected chi connectivity index (χ3v) is 7.39. The minimum atomic E-state index is -0.126. The van der Waals surface area contributed by atoms with Gasteiger partial charge in [-0.25, -0.2) is 4.98 Å². The number of anilines is 1. The van der Waals surface area contributed by atoms with Crippen molar-refractivity contribution in [3.63, 3.8) is 0 Å². The van der Waals surface area contributed by atoms with E-state index in [1.807, 2.05) is 40.6 Å². The van der Waals surface area contributed by atoms with Crippen LogP contribution in [0.25, 0.3) is 21.3 Å². The van der Waals surface area contributed by atoms with Gasteiger partial charge in [0.15, 0.2) is 0 Å². The number of aromatic nitrogens is 2. The lowest BCUT2D eigenvalue weighted by atomic mass is 9.97. The van der Waals surface area contributed by atoms with E-state index in [4.69, 9.17) is 9.72 Å². The summed E-state index contributed by atoms with van der Waals surface area (Å²) in [6.45, 7) is 6.18. The van der Waals surface area contributed by atoms with Gasteiger partial charge in [0.2, 0.25) is 11.9 Å². The van der Waals surface area contributed by atoms with Crippen LogP contribution in [0.5, 0.6) is 0 Å². The molecule has 0 spiro atoms. The molecule has 2 aliphatic rings. The highest BCUT2D eigenvalue weighted by Crippen LogP contribution is 2.32. The van der Waals surface area contributed by atoms with Gasteiger partial charge < -0.3 is 15.0 Å². The molecule has 1 aromatic carbocycles. The molecule has 0 bridgehead atoms. The standard InChI is InChI=1S/C24H29N5O3S/c30-22(25-8-10-28-11-13-32-14-12-28)18-7-4-9-29(15-18)24-26-20-19(17-5-2-1-3-6-17)16-33-21(20)23(31)27-24/h1-3,5-6,16,18H,4,7-15H2,(H,25,30)(H,26,27,31)/t18-/m1/s1. The van der Waals surface area contributed by atoms with E-state index < -0.39 is 0 Å². The van der Waals surface area contributed by atoms with Crippen molar-refractivity contribution < 1.29 is 9.53 Å². The Balaban J connectivity index is 1.28. The molecule has 174 valence electrons. The van der Waals surface area contributed by atoms with Gasteiger partial charge in [-0.15, -0.1) is 11.3 Å². The van der Waals surface area contributed by atoms with Crippen LogP contribution < -0.4 is 15.8 Å². The Bertz CT molecular complexity index is 1160. The molecule has 9 heteroatoms. The molecule has 3 aromatic rings. The van der Waals surface area contributed by atoms with Crippen molar-refractivity contribution in [2.45, 2.75) is 12.8 Å². The molecule has 33 heavy (non-hydrogen) atoms. The smallest absolute Gasteiger partial charge is 0.270 e. The van der Waals surface area contributed by atoms with Crippen LogP contribution in [0.4, 0.5) is 5.95 Å². The number of benzene rings is 1. The van der Waals surface area contributed by atoms with Crippen LogP contribution in [-0.4, -0.2) is 73.3 Å². The zero-order chi connectivity index (χ0) is 22.6. The summed E-state index contributed by atoms with van der Waals surface area (Å²) in [5.74, 6) is 0.520. The summed E-state index contributed by atoms with van der Waals surface area (Å²) in [7, 11) is 0. The number of morpholine rings is 1. The molecule has 2 fully saturated rings. The van der Waals surface area contributed by atoms with Crippen LogP contribution >= 0.6 is 11.3 Å². The van der Waals surface area contributed by atoms with Gasteiger partial charge in [0, 0.05) is 50.2 Å². The van der Waals surface area contributed by atoms with E-state index in [1.54, 1.807) is 0 Å². The second-order valence-electron chi connectivity index (χ2n) is 8.61. The maximum absolute atomic E-state index is 12.8. The number of hydrogen-bond donors (Lipinski definition) is 2. The molecule has 2 aromatic heterocycles. The molecule has 2 aliphatic heterocycles. The molecule has 2 N–H and O–H groups in total. The quantitative estimate of drug-likeness (QED) is 0.578. The SMILES string of the molecule is O=C(NCCN1CCOCC1)[C@@H]1CCCN(c2nc3c(-c4ccccc4)csc3c(=O)[nH]2)C1. The van der Waals surface area contributed by atoms with Crippen LogP contribution in [0.2, 0.25) is 0 Å². The largest absolute Gasteiger partial charge is 0.379 e. The summed E-state index contributed by atoms with van der Waals surface area (Å²) in [6.07, 6.45) is 1.73. The van der Waals surface area contributed by atoms with Crippen molar-refractivity contribution in [3.8, 4) is 11.1 Å². The summed E-state index contributed by atoms with van der Waals surface area (Å²) in [6, 6.07) is 10.0. The minimum absolute atomic E-state index is 0.0805. The average Bonchev–Trinajstić information content (AvgIpc) is 3.30. The summed E-state index contributed by atoms with van der Waals surface area (Å²) in [4.78, 5) is 37.8. The first-order valence-corrected chi connectivity index (χ1v) is 12.5. The first-order chi connectivity index (χ1) is 16.2. The second kappa shape index (κ2) is 10.0. The van der Waals surface area contributed by atoms with Gasteiger partial charge in [-0.1, -0.05) is 30.3 Å². The summed E-state index contributed by atoms with van der Waals surface area (Å²) in [5.41, 5.74) is 2.61. The highest BCUT2D eigenvalue weighted by Gasteiger charge is 2.27. The summed E-state index contributed by atoms with van der Waals surface area (Å²) in [5, 5.41) is 5.09. The fourth-order valence-electron chi connectivity index (χ4n) is 4.58. The van der Waals surface area contributed by atoms with Crippen LogP contribution in [0, 0.1) is 5.92 Å². The number of carbonyl (C=O) groups is 1. The van der Waals surface area contributed by atoms with Crippen molar-refractivity contribution in [2.75, 3.05) is 57.4 Å². The number of nitrogens with zero attached hydrogens (tertiary/aromatic N) is 3. The van der Waals surface area contributed by atoms with Crippen LogP contribution in [0.3, 0.4) is 0 Å². The van der Waals surface area contributed by atoms with Gasteiger partial charge in [0.05, 0.1) is 24.6 Å². The van der Waals surface area contributed by atoms with Gasteiger partial charge in [-0.3, -0.25) is 19.5 Å². The molecule has 8 nitrogen and oxygen atoms in total. The highest BCUT2D eigenvalue weighted by molar-refractivity contribution is 7.17. The number of hydrogen-bond acceptors (Lipinski definition) is 7. The number of H-pyrrole nitrogens is 1. The zero-order valence-electron chi connectivity index (χ0n) is 18.6. The number of piperidine rings is 1. The lowest BCUT2D eigenvalue weighted by molar-refractivity contribution is -0.125. The number of fused-ring (bicyclic) bond motifs is 1. The van der Waals surface area contributed by atoms with Gasteiger partial charge >= 0.3 is 0 Å². The number of amides is 1. The molecule has 0 radical (unpaired) electrons. The van der Waals surface area contributed by atoms with Crippen molar-refractivity contribution in [1.82, 2.24) is 20.2 Å². The molecule has 1 amide bonds. The van der Waals surface area contributed by atoms with E-state index in [2.05, 4.69) is 15.2 Å².